The van der Waals surface area contributed by atoms with Crippen molar-refractivity contribution in [2.75, 3.05) is 49.6 Å². The van der Waals surface area contributed by atoms with Crippen LogP contribution >= 0.6 is 11.6 Å². The van der Waals surface area contributed by atoms with Crippen molar-refractivity contribution >= 4 is 34.8 Å². The summed E-state index contributed by atoms with van der Waals surface area (Å²) in [5, 5.41) is 3.39. The molecule has 1 saturated heterocycles. The van der Waals surface area contributed by atoms with Crippen LogP contribution in [0.5, 0.6) is 11.5 Å². The Kier molecular flexibility index (Phi) is 9.58. The number of hydrogen-bond acceptors (Lipinski definition) is 5. The highest BCUT2D eigenvalue weighted by molar-refractivity contribution is 6.33. The van der Waals surface area contributed by atoms with E-state index < -0.39 is 0 Å². The number of carbonyl (C=O) groups is 2. The second-order valence-electron chi connectivity index (χ2n) is 10.9. The molecule has 40 heavy (non-hydrogen) atoms. The van der Waals surface area contributed by atoms with Crippen molar-refractivity contribution in [3.8, 4) is 11.5 Å². The molecule has 212 valence electrons. The molecule has 0 aliphatic carbocycles. The number of halogens is 1. The molecule has 0 radical (unpaired) electrons. The Morgan fingerprint density at radius 2 is 1.50 bits per heavy atom. The quantitative estimate of drug-likeness (QED) is 0.326. The summed E-state index contributed by atoms with van der Waals surface area (Å²) in [5.74, 6) is 1.17. The summed E-state index contributed by atoms with van der Waals surface area (Å²) in [4.78, 5) is 29.4. The third-order valence-electron chi connectivity index (χ3n) is 6.80. The first-order valence-electron chi connectivity index (χ1n) is 13.7. The molecule has 1 N–H and O–H groups in total. The first-order chi connectivity index (χ1) is 19.1. The number of ether oxygens (including phenoxy) is 2. The van der Waals surface area contributed by atoms with Gasteiger partial charge in [0.2, 0.25) is 0 Å². The van der Waals surface area contributed by atoms with Gasteiger partial charge in [0.25, 0.3) is 11.8 Å². The first-order valence-corrected chi connectivity index (χ1v) is 14.1. The minimum Gasteiger partial charge on any atom is -0.494 e. The second kappa shape index (κ2) is 13.1. The predicted molar refractivity (Wildman–Crippen MR) is 161 cm³/mol. The molecule has 4 rings (SSSR count). The maximum atomic E-state index is 13.0. The molecular formula is C32H38ClN3O4. The van der Waals surface area contributed by atoms with Gasteiger partial charge in [-0.3, -0.25) is 9.59 Å². The van der Waals surface area contributed by atoms with Gasteiger partial charge < -0.3 is 24.6 Å². The molecule has 3 aromatic rings. The number of nitrogens with zero attached hydrogens (tertiary/aromatic N) is 2. The fourth-order valence-corrected chi connectivity index (χ4v) is 4.78. The third kappa shape index (κ3) is 7.69. The van der Waals surface area contributed by atoms with Gasteiger partial charge in [-0.15, -0.1) is 0 Å². The Hall–Kier alpha value is -3.71. The minimum atomic E-state index is -0.263. The van der Waals surface area contributed by atoms with E-state index in [-0.39, 0.29) is 23.8 Å². The maximum absolute atomic E-state index is 13.0. The maximum Gasteiger partial charge on any atom is 0.262 e. The number of carbonyl (C=O) groups excluding carboxylic acids is 2. The van der Waals surface area contributed by atoms with Gasteiger partial charge in [-0.2, -0.15) is 0 Å². The van der Waals surface area contributed by atoms with Crippen LogP contribution in [0.3, 0.4) is 0 Å². The average Bonchev–Trinajstić information content (AvgIpc) is 2.95. The molecule has 0 atom stereocenters. The van der Waals surface area contributed by atoms with Crippen molar-refractivity contribution in [1.29, 1.82) is 0 Å². The highest BCUT2D eigenvalue weighted by Crippen LogP contribution is 2.30. The number of amides is 2. The molecule has 1 aliphatic rings. The van der Waals surface area contributed by atoms with Gasteiger partial charge in [-0.05, 0) is 72.0 Å². The largest absolute Gasteiger partial charge is 0.494 e. The summed E-state index contributed by atoms with van der Waals surface area (Å²) >= 11 is 6.60. The Morgan fingerprint density at radius 1 is 0.875 bits per heavy atom. The van der Waals surface area contributed by atoms with Crippen LogP contribution < -0.4 is 19.7 Å². The van der Waals surface area contributed by atoms with Gasteiger partial charge in [0.1, 0.15) is 11.5 Å². The van der Waals surface area contributed by atoms with Crippen LogP contribution in [0.4, 0.5) is 11.4 Å². The van der Waals surface area contributed by atoms with E-state index in [2.05, 4.69) is 37.9 Å². The molecule has 0 saturated carbocycles. The lowest BCUT2D eigenvalue weighted by Crippen LogP contribution is -2.48. The van der Waals surface area contributed by atoms with Crippen molar-refractivity contribution < 1.29 is 19.1 Å². The summed E-state index contributed by atoms with van der Waals surface area (Å²) in [6.45, 7) is 11.6. The summed E-state index contributed by atoms with van der Waals surface area (Å²) in [6, 6.07) is 20.6. The van der Waals surface area contributed by atoms with Crippen molar-refractivity contribution in [3.05, 3.63) is 82.9 Å². The van der Waals surface area contributed by atoms with E-state index in [0.29, 0.717) is 54.8 Å². The zero-order chi connectivity index (χ0) is 28.7. The summed E-state index contributed by atoms with van der Waals surface area (Å²) in [6.07, 6.45) is 0.939. The topological polar surface area (TPSA) is 71.1 Å². The Balaban J connectivity index is 1.26. The molecule has 0 aromatic heterocycles. The predicted octanol–water partition coefficient (Wildman–Crippen LogP) is 6.41. The van der Waals surface area contributed by atoms with E-state index in [1.807, 2.05) is 65.6 Å². The van der Waals surface area contributed by atoms with Gasteiger partial charge in [0.15, 0.2) is 6.61 Å². The number of nitrogens with one attached hydrogen (secondary N) is 1. The van der Waals surface area contributed by atoms with E-state index in [4.69, 9.17) is 21.1 Å². The molecule has 0 spiro atoms. The molecule has 0 bridgehead atoms. The number of rotatable bonds is 9. The van der Waals surface area contributed by atoms with E-state index in [1.165, 1.54) is 5.56 Å². The SMILES string of the molecule is CCCOc1ccc(C(=O)N2CCN(c3ccc(NC(=O)COc4ccc(C(C)(C)C)cc4)cc3Cl)CC2)cc1. The molecule has 0 unspecified atom stereocenters. The van der Waals surface area contributed by atoms with Crippen LogP contribution in [0.1, 0.15) is 50.0 Å². The van der Waals surface area contributed by atoms with Crippen molar-refractivity contribution in [3.63, 3.8) is 0 Å². The molecule has 1 fully saturated rings. The molecular weight excluding hydrogens is 526 g/mol. The minimum absolute atomic E-state index is 0.0122. The number of benzene rings is 3. The van der Waals surface area contributed by atoms with E-state index in [9.17, 15) is 9.59 Å². The van der Waals surface area contributed by atoms with Crippen molar-refractivity contribution in [2.45, 2.75) is 39.5 Å². The van der Waals surface area contributed by atoms with Crippen LogP contribution in [0, 0.1) is 0 Å². The summed E-state index contributed by atoms with van der Waals surface area (Å²) in [7, 11) is 0. The zero-order valence-corrected chi connectivity index (χ0v) is 24.5. The molecule has 2 amide bonds. The van der Waals surface area contributed by atoms with Crippen LogP contribution in [-0.2, 0) is 10.2 Å². The smallest absolute Gasteiger partial charge is 0.262 e. The lowest BCUT2D eigenvalue weighted by atomic mass is 9.87. The van der Waals surface area contributed by atoms with E-state index in [1.54, 1.807) is 6.07 Å². The van der Waals surface area contributed by atoms with E-state index in [0.717, 1.165) is 17.9 Å². The van der Waals surface area contributed by atoms with Crippen LogP contribution in [0.25, 0.3) is 0 Å². The molecule has 8 heteroatoms. The zero-order valence-electron chi connectivity index (χ0n) is 23.7. The highest BCUT2D eigenvalue weighted by atomic mass is 35.5. The Bertz CT molecular complexity index is 1300. The highest BCUT2D eigenvalue weighted by Gasteiger charge is 2.23. The monoisotopic (exact) mass is 563 g/mol. The van der Waals surface area contributed by atoms with Gasteiger partial charge in [-0.1, -0.05) is 51.4 Å². The fourth-order valence-electron chi connectivity index (χ4n) is 4.48. The lowest BCUT2D eigenvalue weighted by Gasteiger charge is -2.36. The normalized spacial score (nSPS) is 13.6. The van der Waals surface area contributed by atoms with Crippen molar-refractivity contribution in [2.24, 2.45) is 0 Å². The van der Waals surface area contributed by atoms with Gasteiger partial charge >= 0.3 is 0 Å². The Labute approximate surface area is 242 Å². The molecule has 7 nitrogen and oxygen atoms in total. The second-order valence-corrected chi connectivity index (χ2v) is 11.3. The summed E-state index contributed by atoms with van der Waals surface area (Å²) in [5.41, 5.74) is 3.39. The fraction of sp³-hybridized carbons (Fsp3) is 0.375. The van der Waals surface area contributed by atoms with Crippen LogP contribution in [-0.4, -0.2) is 56.1 Å². The number of piperazine rings is 1. The molecule has 3 aromatic carbocycles. The standard InChI is InChI=1S/C32H38ClN3O4/c1-5-20-39-26-11-6-23(7-12-26)31(38)36-18-16-35(17-19-36)29-15-10-25(21-28(29)33)34-30(37)22-40-27-13-8-24(9-14-27)32(2,3)4/h6-15,21H,5,16-20,22H2,1-4H3,(H,34,37). The first kappa shape index (κ1) is 29.3. The lowest BCUT2D eigenvalue weighted by molar-refractivity contribution is -0.118. The van der Waals surface area contributed by atoms with Gasteiger partial charge in [0, 0.05) is 37.4 Å². The number of anilines is 2. The number of hydrogen-bond donors (Lipinski definition) is 1. The van der Waals surface area contributed by atoms with Gasteiger partial charge in [-0.25, -0.2) is 0 Å². The van der Waals surface area contributed by atoms with E-state index >= 15 is 0 Å². The molecule has 1 heterocycles. The van der Waals surface area contributed by atoms with Crippen LogP contribution in [0.2, 0.25) is 5.02 Å². The summed E-state index contributed by atoms with van der Waals surface area (Å²) < 4.78 is 11.3. The average molecular weight is 564 g/mol. The third-order valence-corrected chi connectivity index (χ3v) is 7.11. The van der Waals surface area contributed by atoms with Crippen molar-refractivity contribution in [1.82, 2.24) is 4.90 Å². The van der Waals surface area contributed by atoms with Gasteiger partial charge in [0.05, 0.1) is 17.3 Å². The van der Waals surface area contributed by atoms with Crippen LogP contribution in [0.15, 0.2) is 66.7 Å². The Morgan fingerprint density at radius 3 is 2.10 bits per heavy atom. The molecule has 1 aliphatic heterocycles.